The van der Waals surface area contributed by atoms with Crippen molar-refractivity contribution in [2.24, 2.45) is 5.10 Å². The van der Waals surface area contributed by atoms with Gasteiger partial charge in [0.1, 0.15) is 23.0 Å². The maximum absolute atomic E-state index is 11.7. The van der Waals surface area contributed by atoms with Gasteiger partial charge in [0.25, 0.3) is 5.91 Å². The van der Waals surface area contributed by atoms with Crippen LogP contribution >= 0.6 is 0 Å². The Kier molecular flexibility index (Phi) is 5.36. The largest absolute Gasteiger partial charge is 0.484 e. The number of furan rings is 1. The Balaban J connectivity index is 1.82. The molecule has 0 atom stereocenters. The number of hydrogen-bond donors (Lipinski definition) is 1. The summed E-state index contributed by atoms with van der Waals surface area (Å²) >= 11 is 0. The highest BCUT2D eigenvalue weighted by molar-refractivity contribution is 5.96. The van der Waals surface area contributed by atoms with Gasteiger partial charge in [-0.05, 0) is 50.1 Å². The molecule has 1 aromatic heterocycles. The zero-order valence-electron chi connectivity index (χ0n) is 13.1. The van der Waals surface area contributed by atoms with Crippen molar-refractivity contribution in [2.75, 3.05) is 6.61 Å². The lowest BCUT2D eigenvalue weighted by Crippen LogP contribution is -2.25. The normalized spacial score (nSPS) is 11.3. The monoisotopic (exact) mass is 300 g/mol. The first kappa shape index (κ1) is 15.8. The van der Waals surface area contributed by atoms with Gasteiger partial charge in [-0.15, -0.1) is 0 Å². The molecular formula is C17H20N2O3. The lowest BCUT2D eigenvalue weighted by Gasteiger charge is -2.06. The van der Waals surface area contributed by atoms with E-state index in [0.29, 0.717) is 17.2 Å². The van der Waals surface area contributed by atoms with E-state index in [1.165, 1.54) is 5.56 Å². The van der Waals surface area contributed by atoms with Crippen molar-refractivity contribution >= 4 is 11.6 Å². The zero-order valence-corrected chi connectivity index (χ0v) is 13.1. The lowest BCUT2D eigenvalue weighted by atomic mass is 10.2. The van der Waals surface area contributed by atoms with Crippen molar-refractivity contribution in [1.29, 1.82) is 0 Å². The van der Waals surface area contributed by atoms with Gasteiger partial charge in [-0.25, -0.2) is 5.43 Å². The number of aryl methyl sites for hydroxylation is 2. The number of benzene rings is 1. The van der Waals surface area contributed by atoms with Crippen LogP contribution in [-0.2, 0) is 11.2 Å². The van der Waals surface area contributed by atoms with Gasteiger partial charge in [0, 0.05) is 0 Å². The molecule has 1 heterocycles. The fourth-order valence-electron chi connectivity index (χ4n) is 1.83. The number of hydrogen-bond acceptors (Lipinski definition) is 4. The summed E-state index contributed by atoms with van der Waals surface area (Å²) in [7, 11) is 0. The SMILES string of the molecule is CCc1ccc(OCC(=O)N/N=C(\C)c2ccc(C)o2)cc1. The van der Waals surface area contributed by atoms with Gasteiger partial charge in [-0.3, -0.25) is 4.79 Å². The molecule has 0 bridgehead atoms. The van der Waals surface area contributed by atoms with Gasteiger partial charge >= 0.3 is 0 Å². The number of rotatable bonds is 6. The summed E-state index contributed by atoms with van der Waals surface area (Å²) in [5.74, 6) is 1.78. The maximum Gasteiger partial charge on any atom is 0.277 e. The molecule has 1 aromatic carbocycles. The minimum Gasteiger partial charge on any atom is -0.484 e. The van der Waals surface area contributed by atoms with Gasteiger partial charge in [-0.1, -0.05) is 19.1 Å². The number of carbonyl (C=O) groups is 1. The van der Waals surface area contributed by atoms with Crippen molar-refractivity contribution in [1.82, 2.24) is 5.43 Å². The summed E-state index contributed by atoms with van der Waals surface area (Å²) < 4.78 is 10.8. The summed E-state index contributed by atoms with van der Waals surface area (Å²) in [4.78, 5) is 11.7. The zero-order chi connectivity index (χ0) is 15.9. The number of ether oxygens (including phenoxy) is 1. The van der Waals surface area contributed by atoms with Crippen molar-refractivity contribution in [3.05, 3.63) is 53.5 Å². The third-order valence-corrected chi connectivity index (χ3v) is 3.15. The number of nitrogens with zero attached hydrogens (tertiary/aromatic N) is 1. The molecule has 2 aromatic rings. The number of nitrogens with one attached hydrogen (secondary N) is 1. The molecule has 5 nitrogen and oxygen atoms in total. The Morgan fingerprint density at radius 3 is 2.55 bits per heavy atom. The van der Waals surface area contributed by atoms with E-state index in [1.807, 2.05) is 43.3 Å². The number of carbonyl (C=O) groups excluding carboxylic acids is 1. The van der Waals surface area contributed by atoms with Gasteiger partial charge in [0.05, 0.1) is 0 Å². The summed E-state index contributed by atoms with van der Waals surface area (Å²) in [5.41, 5.74) is 4.28. The Morgan fingerprint density at radius 1 is 1.23 bits per heavy atom. The first-order chi connectivity index (χ1) is 10.6. The van der Waals surface area contributed by atoms with Crippen LogP contribution in [0.3, 0.4) is 0 Å². The fourth-order valence-corrected chi connectivity index (χ4v) is 1.83. The minimum absolute atomic E-state index is 0.0839. The highest BCUT2D eigenvalue weighted by atomic mass is 16.5. The molecule has 0 aliphatic carbocycles. The average molecular weight is 300 g/mol. The van der Waals surface area contributed by atoms with Crippen LogP contribution in [0.15, 0.2) is 45.9 Å². The molecule has 0 aliphatic rings. The molecular weight excluding hydrogens is 280 g/mol. The molecule has 2 rings (SSSR count). The molecule has 1 amide bonds. The molecule has 0 saturated heterocycles. The van der Waals surface area contributed by atoms with E-state index >= 15 is 0 Å². The van der Waals surface area contributed by atoms with E-state index in [4.69, 9.17) is 9.15 Å². The van der Waals surface area contributed by atoms with Crippen LogP contribution in [0.1, 0.15) is 30.9 Å². The van der Waals surface area contributed by atoms with Crippen LogP contribution in [0.2, 0.25) is 0 Å². The van der Waals surface area contributed by atoms with Crippen LogP contribution in [0, 0.1) is 6.92 Å². The second-order valence-electron chi connectivity index (χ2n) is 4.93. The molecule has 0 saturated carbocycles. The van der Waals surface area contributed by atoms with Crippen LogP contribution in [0.5, 0.6) is 5.75 Å². The van der Waals surface area contributed by atoms with E-state index in [-0.39, 0.29) is 12.5 Å². The van der Waals surface area contributed by atoms with Gasteiger partial charge in [-0.2, -0.15) is 5.10 Å². The van der Waals surface area contributed by atoms with Crippen molar-refractivity contribution < 1.29 is 13.9 Å². The minimum atomic E-state index is -0.317. The van der Waals surface area contributed by atoms with Crippen LogP contribution < -0.4 is 10.2 Å². The van der Waals surface area contributed by atoms with Crippen molar-refractivity contribution in [3.8, 4) is 5.75 Å². The number of amides is 1. The number of hydrazone groups is 1. The van der Waals surface area contributed by atoms with Gasteiger partial charge in [0.2, 0.25) is 0 Å². The van der Waals surface area contributed by atoms with Crippen LogP contribution in [0.25, 0.3) is 0 Å². The van der Waals surface area contributed by atoms with Crippen molar-refractivity contribution in [3.63, 3.8) is 0 Å². The van der Waals surface area contributed by atoms with Crippen LogP contribution in [-0.4, -0.2) is 18.2 Å². The first-order valence-corrected chi connectivity index (χ1v) is 7.20. The molecule has 0 unspecified atom stereocenters. The average Bonchev–Trinajstić information content (AvgIpc) is 2.97. The highest BCUT2D eigenvalue weighted by Gasteiger charge is 2.05. The topological polar surface area (TPSA) is 63.8 Å². The Morgan fingerprint density at radius 2 is 1.95 bits per heavy atom. The van der Waals surface area contributed by atoms with Gasteiger partial charge in [0.15, 0.2) is 6.61 Å². The summed E-state index contributed by atoms with van der Waals surface area (Å²) in [5, 5.41) is 3.99. The van der Waals surface area contributed by atoms with Crippen LogP contribution in [0.4, 0.5) is 0 Å². The molecule has 116 valence electrons. The molecule has 0 spiro atoms. The molecule has 22 heavy (non-hydrogen) atoms. The second-order valence-corrected chi connectivity index (χ2v) is 4.93. The Bertz CT molecular complexity index is 657. The smallest absolute Gasteiger partial charge is 0.277 e. The molecule has 0 radical (unpaired) electrons. The Hall–Kier alpha value is -2.56. The van der Waals surface area contributed by atoms with E-state index < -0.39 is 0 Å². The molecule has 0 fully saturated rings. The maximum atomic E-state index is 11.7. The molecule has 0 aliphatic heterocycles. The van der Waals surface area contributed by atoms with Crippen molar-refractivity contribution in [2.45, 2.75) is 27.2 Å². The third-order valence-electron chi connectivity index (χ3n) is 3.15. The third kappa shape index (κ3) is 4.48. The van der Waals surface area contributed by atoms with E-state index in [0.717, 1.165) is 12.2 Å². The van der Waals surface area contributed by atoms with E-state index in [1.54, 1.807) is 6.92 Å². The van der Waals surface area contributed by atoms with E-state index in [2.05, 4.69) is 17.5 Å². The first-order valence-electron chi connectivity index (χ1n) is 7.20. The predicted molar refractivity (Wildman–Crippen MR) is 85.1 cm³/mol. The molecule has 1 N–H and O–H groups in total. The van der Waals surface area contributed by atoms with Gasteiger partial charge < -0.3 is 9.15 Å². The standard InChI is InChI=1S/C17H20N2O3/c1-4-14-6-8-15(9-7-14)21-11-17(20)19-18-13(3)16-10-5-12(2)22-16/h5-10H,4,11H2,1-3H3,(H,19,20)/b18-13+. The summed E-state index contributed by atoms with van der Waals surface area (Å²) in [6.45, 7) is 5.62. The lowest BCUT2D eigenvalue weighted by molar-refractivity contribution is -0.123. The quantitative estimate of drug-likeness (QED) is 0.658. The Labute approximate surface area is 130 Å². The molecule has 5 heteroatoms. The predicted octanol–water partition coefficient (Wildman–Crippen LogP) is 3.07. The second kappa shape index (κ2) is 7.45. The van der Waals surface area contributed by atoms with E-state index in [9.17, 15) is 4.79 Å². The summed E-state index contributed by atoms with van der Waals surface area (Å²) in [6, 6.07) is 11.3. The highest BCUT2D eigenvalue weighted by Crippen LogP contribution is 2.12. The summed E-state index contributed by atoms with van der Waals surface area (Å²) in [6.07, 6.45) is 0.973. The fraction of sp³-hybridized carbons (Fsp3) is 0.294.